The van der Waals surface area contributed by atoms with E-state index in [1.54, 1.807) is 0 Å². The Morgan fingerprint density at radius 3 is 2.46 bits per heavy atom. The Hall–Kier alpha value is -3.56. The molecule has 198 valence electrons. The number of Topliss-reactive ketones (excluding diaryl/α,β-unsaturated/α-hetero) is 1. The van der Waals surface area contributed by atoms with E-state index in [2.05, 4.69) is 10.6 Å². The largest absolute Gasteiger partial charge is 0.445 e. The number of anilines is 1. The summed E-state index contributed by atoms with van der Waals surface area (Å²) in [5.41, 5.74) is -0.369. The van der Waals surface area contributed by atoms with Gasteiger partial charge in [0.1, 0.15) is 12.1 Å². The summed E-state index contributed by atoms with van der Waals surface area (Å²) in [4.78, 5) is 40.3. The van der Waals surface area contributed by atoms with Crippen LogP contribution in [0.1, 0.15) is 49.7 Å². The van der Waals surface area contributed by atoms with E-state index in [9.17, 15) is 27.6 Å². The number of carbonyl (C=O) groups excluding carboxylic acids is 3. The predicted molar refractivity (Wildman–Crippen MR) is 130 cm³/mol. The highest BCUT2D eigenvalue weighted by Gasteiger charge is 2.43. The van der Waals surface area contributed by atoms with E-state index in [1.165, 1.54) is 11.8 Å². The van der Waals surface area contributed by atoms with Crippen molar-refractivity contribution in [3.8, 4) is 0 Å². The van der Waals surface area contributed by atoms with E-state index in [4.69, 9.17) is 4.74 Å². The van der Waals surface area contributed by atoms with Crippen LogP contribution < -0.4 is 15.5 Å². The van der Waals surface area contributed by atoms with Gasteiger partial charge in [-0.1, -0.05) is 49.6 Å². The molecule has 2 aromatic rings. The van der Waals surface area contributed by atoms with Gasteiger partial charge in [0.2, 0.25) is 5.91 Å². The van der Waals surface area contributed by atoms with Gasteiger partial charge >= 0.3 is 6.09 Å². The Kier molecular flexibility index (Phi) is 8.04. The normalized spacial score (nSPS) is 19.3. The van der Waals surface area contributed by atoms with Gasteiger partial charge in [-0.15, -0.1) is 0 Å². The fraction of sp³-hybridized carbons (Fsp3) is 0.444. The Balaban J connectivity index is 1.40. The SMILES string of the molecule is Cc1c(N2CCC(NC(=O)C3(NC(=O)OCc4ccccc4)CCCCC3)C(=O)C2)cc(F)c(F)c1F. The number of piperidine rings is 1. The summed E-state index contributed by atoms with van der Waals surface area (Å²) in [7, 11) is 0. The summed E-state index contributed by atoms with van der Waals surface area (Å²) in [6.07, 6.45) is 2.72. The van der Waals surface area contributed by atoms with Crippen molar-refractivity contribution >= 4 is 23.5 Å². The maximum atomic E-state index is 14.0. The molecule has 0 bridgehead atoms. The number of benzene rings is 2. The van der Waals surface area contributed by atoms with E-state index in [1.807, 2.05) is 30.3 Å². The standard InChI is InChI=1S/C27H30F3N3O4/c1-17-21(14-19(28)24(30)23(17)29)33-13-10-20(22(34)15-33)31-25(35)27(11-6-3-7-12-27)32-26(36)37-16-18-8-4-2-5-9-18/h2,4-5,8-9,14,20H,3,6-7,10-13,15-16H2,1H3,(H,31,35)(H,32,36). The van der Waals surface area contributed by atoms with Crippen molar-refractivity contribution in [2.75, 3.05) is 18.0 Å². The Morgan fingerprint density at radius 1 is 1.08 bits per heavy atom. The van der Waals surface area contributed by atoms with Gasteiger partial charge < -0.3 is 20.3 Å². The van der Waals surface area contributed by atoms with E-state index in [0.29, 0.717) is 12.8 Å². The van der Waals surface area contributed by atoms with Crippen LogP contribution in [0.3, 0.4) is 0 Å². The minimum atomic E-state index is -1.55. The van der Waals surface area contributed by atoms with Crippen LogP contribution >= 0.6 is 0 Å². The highest BCUT2D eigenvalue weighted by molar-refractivity contribution is 5.96. The average molecular weight is 518 g/mol. The molecule has 2 aliphatic rings. The molecule has 2 amide bonds. The summed E-state index contributed by atoms with van der Waals surface area (Å²) < 4.78 is 46.7. The quantitative estimate of drug-likeness (QED) is 0.558. The van der Waals surface area contributed by atoms with E-state index in [0.717, 1.165) is 30.9 Å². The van der Waals surface area contributed by atoms with Crippen LogP contribution in [-0.2, 0) is 20.9 Å². The van der Waals surface area contributed by atoms with Gasteiger partial charge in [-0.3, -0.25) is 9.59 Å². The fourth-order valence-electron chi connectivity index (χ4n) is 5.00. The molecule has 0 spiro atoms. The Morgan fingerprint density at radius 2 is 1.78 bits per heavy atom. The van der Waals surface area contributed by atoms with Crippen LogP contribution in [0, 0.1) is 24.4 Å². The zero-order chi connectivity index (χ0) is 26.6. The molecular formula is C27H30F3N3O4. The number of amides is 2. The van der Waals surface area contributed by atoms with Gasteiger partial charge in [0, 0.05) is 23.9 Å². The van der Waals surface area contributed by atoms with E-state index >= 15 is 0 Å². The summed E-state index contributed by atoms with van der Waals surface area (Å²) in [5, 5.41) is 5.54. The highest BCUT2D eigenvalue weighted by Crippen LogP contribution is 2.31. The highest BCUT2D eigenvalue weighted by atomic mass is 19.2. The molecule has 1 heterocycles. The minimum absolute atomic E-state index is 0.0608. The summed E-state index contributed by atoms with van der Waals surface area (Å²) in [6.45, 7) is 1.41. The lowest BCUT2D eigenvalue weighted by molar-refractivity contribution is -0.133. The fourth-order valence-corrected chi connectivity index (χ4v) is 5.00. The molecule has 10 heteroatoms. The zero-order valence-corrected chi connectivity index (χ0v) is 20.6. The number of hydrogen-bond donors (Lipinski definition) is 2. The maximum Gasteiger partial charge on any atom is 0.408 e. The first-order chi connectivity index (χ1) is 17.7. The minimum Gasteiger partial charge on any atom is -0.445 e. The molecular weight excluding hydrogens is 487 g/mol. The molecule has 4 rings (SSSR count). The third kappa shape index (κ3) is 5.89. The van der Waals surface area contributed by atoms with Gasteiger partial charge in [0.15, 0.2) is 23.2 Å². The maximum absolute atomic E-state index is 14.0. The molecule has 1 saturated carbocycles. The van der Waals surface area contributed by atoms with E-state index < -0.39 is 41.0 Å². The molecule has 1 saturated heterocycles. The summed E-state index contributed by atoms with van der Waals surface area (Å²) in [5.74, 6) is -4.97. The van der Waals surface area contributed by atoms with Crippen LogP contribution in [0.5, 0.6) is 0 Å². The summed E-state index contributed by atoms with van der Waals surface area (Å²) in [6, 6.07) is 9.23. The third-order valence-corrected chi connectivity index (χ3v) is 7.14. The first-order valence-corrected chi connectivity index (χ1v) is 12.4. The molecule has 2 fully saturated rings. The number of ether oxygens (including phenoxy) is 1. The van der Waals surface area contributed by atoms with Gasteiger partial charge in [0.05, 0.1) is 12.6 Å². The molecule has 2 N–H and O–H groups in total. The molecule has 37 heavy (non-hydrogen) atoms. The van der Waals surface area contributed by atoms with Gasteiger partial charge in [-0.25, -0.2) is 18.0 Å². The lowest BCUT2D eigenvalue weighted by atomic mass is 9.80. The van der Waals surface area contributed by atoms with Crippen LogP contribution in [0.4, 0.5) is 23.7 Å². The number of alkyl carbamates (subject to hydrolysis) is 1. The second-order valence-electron chi connectivity index (χ2n) is 9.66. The van der Waals surface area contributed by atoms with Crippen molar-refractivity contribution in [1.82, 2.24) is 10.6 Å². The van der Waals surface area contributed by atoms with Crippen molar-refractivity contribution in [2.45, 2.75) is 63.6 Å². The monoisotopic (exact) mass is 517 g/mol. The predicted octanol–water partition coefficient (Wildman–Crippen LogP) is 4.31. The molecule has 0 aromatic heterocycles. The number of nitrogens with zero attached hydrogens (tertiary/aromatic N) is 1. The number of halogens is 3. The second kappa shape index (κ2) is 11.2. The lowest BCUT2D eigenvalue weighted by Gasteiger charge is -2.39. The number of nitrogens with one attached hydrogen (secondary N) is 2. The summed E-state index contributed by atoms with van der Waals surface area (Å²) >= 11 is 0. The topological polar surface area (TPSA) is 87.7 Å². The van der Waals surface area contributed by atoms with Crippen LogP contribution in [-0.4, -0.2) is 42.5 Å². The number of ketones is 1. The number of rotatable bonds is 6. The first kappa shape index (κ1) is 26.5. The van der Waals surface area contributed by atoms with Crippen molar-refractivity contribution in [3.05, 3.63) is 65.0 Å². The van der Waals surface area contributed by atoms with Crippen LogP contribution in [0.25, 0.3) is 0 Å². The molecule has 7 nitrogen and oxygen atoms in total. The van der Waals surface area contributed by atoms with Gasteiger partial charge in [-0.2, -0.15) is 0 Å². The van der Waals surface area contributed by atoms with E-state index in [-0.39, 0.29) is 43.2 Å². The number of hydrogen-bond acceptors (Lipinski definition) is 5. The molecule has 1 atom stereocenters. The first-order valence-electron chi connectivity index (χ1n) is 12.4. The number of carbonyl (C=O) groups is 3. The molecule has 0 radical (unpaired) electrons. The van der Waals surface area contributed by atoms with Crippen molar-refractivity contribution in [1.29, 1.82) is 0 Å². The smallest absolute Gasteiger partial charge is 0.408 e. The van der Waals surface area contributed by atoms with Crippen molar-refractivity contribution in [3.63, 3.8) is 0 Å². The van der Waals surface area contributed by atoms with Crippen LogP contribution in [0.2, 0.25) is 0 Å². The Bertz CT molecular complexity index is 1170. The third-order valence-electron chi connectivity index (χ3n) is 7.14. The van der Waals surface area contributed by atoms with Gasteiger partial charge in [-0.05, 0) is 31.7 Å². The van der Waals surface area contributed by atoms with Crippen LogP contribution in [0.15, 0.2) is 36.4 Å². The second-order valence-corrected chi connectivity index (χ2v) is 9.66. The average Bonchev–Trinajstić information content (AvgIpc) is 2.90. The molecule has 2 aromatic carbocycles. The van der Waals surface area contributed by atoms with Crippen molar-refractivity contribution in [2.24, 2.45) is 0 Å². The Labute approximate surface area is 213 Å². The zero-order valence-electron chi connectivity index (χ0n) is 20.6. The van der Waals surface area contributed by atoms with Gasteiger partial charge in [0.25, 0.3) is 0 Å². The van der Waals surface area contributed by atoms with Crippen molar-refractivity contribution < 1.29 is 32.3 Å². The molecule has 1 aliphatic heterocycles. The molecule has 1 aliphatic carbocycles. The lowest BCUT2D eigenvalue weighted by Crippen LogP contribution is -2.63. The molecule has 1 unspecified atom stereocenters.